The van der Waals surface area contributed by atoms with E-state index in [1.165, 1.54) is 0 Å². The molecular weight excluding hydrogens is 212 g/mol. The summed E-state index contributed by atoms with van der Waals surface area (Å²) < 4.78 is 5.61. The van der Waals surface area contributed by atoms with E-state index < -0.39 is 0 Å². The van der Waals surface area contributed by atoms with E-state index in [0.29, 0.717) is 18.2 Å². The molecule has 4 heteroatoms. The summed E-state index contributed by atoms with van der Waals surface area (Å²) in [6, 6.07) is 5.51. The molecule has 15 heavy (non-hydrogen) atoms. The van der Waals surface area contributed by atoms with Crippen LogP contribution < -0.4 is 10.5 Å². The molecule has 0 fully saturated rings. The van der Waals surface area contributed by atoms with Crippen LogP contribution in [-0.2, 0) is 6.54 Å². The van der Waals surface area contributed by atoms with Crippen molar-refractivity contribution in [3.8, 4) is 5.75 Å². The van der Waals surface area contributed by atoms with Gasteiger partial charge in [0.2, 0.25) is 0 Å². The van der Waals surface area contributed by atoms with Gasteiger partial charge in [0, 0.05) is 23.7 Å². The minimum absolute atomic E-state index is 0.442. The molecule has 0 atom stereocenters. The second-order valence-corrected chi connectivity index (χ2v) is 4.04. The van der Waals surface area contributed by atoms with Gasteiger partial charge in [-0.25, -0.2) is 0 Å². The van der Waals surface area contributed by atoms with E-state index in [1.807, 2.05) is 32.3 Å². The molecule has 0 saturated carbocycles. The average Bonchev–Trinajstić information content (AvgIpc) is 2.19. The molecule has 84 valence electrons. The molecule has 1 aromatic carbocycles. The topological polar surface area (TPSA) is 38.5 Å². The van der Waals surface area contributed by atoms with Crippen LogP contribution in [0.15, 0.2) is 18.2 Å². The minimum atomic E-state index is 0.442. The maximum atomic E-state index is 5.86. The van der Waals surface area contributed by atoms with Crippen LogP contribution in [0.1, 0.15) is 5.56 Å². The highest BCUT2D eigenvalue weighted by Gasteiger charge is 2.03. The Kier molecular flexibility index (Phi) is 4.88. The van der Waals surface area contributed by atoms with Gasteiger partial charge in [-0.1, -0.05) is 11.6 Å². The summed E-state index contributed by atoms with van der Waals surface area (Å²) in [5, 5.41) is 0.690. The lowest BCUT2D eigenvalue weighted by atomic mass is 10.2. The molecule has 0 heterocycles. The van der Waals surface area contributed by atoms with Gasteiger partial charge in [0.15, 0.2) is 0 Å². The molecule has 0 aliphatic heterocycles. The zero-order valence-corrected chi connectivity index (χ0v) is 9.92. The lowest BCUT2D eigenvalue weighted by molar-refractivity contribution is 0.259. The van der Waals surface area contributed by atoms with E-state index in [1.54, 1.807) is 0 Å². The Morgan fingerprint density at radius 2 is 2.13 bits per heavy atom. The van der Waals surface area contributed by atoms with Crippen LogP contribution in [-0.4, -0.2) is 32.1 Å². The number of benzene rings is 1. The maximum absolute atomic E-state index is 5.86. The van der Waals surface area contributed by atoms with E-state index in [4.69, 9.17) is 22.1 Å². The van der Waals surface area contributed by atoms with Crippen molar-refractivity contribution in [1.82, 2.24) is 4.90 Å². The van der Waals surface area contributed by atoms with Crippen LogP contribution in [0.2, 0.25) is 5.02 Å². The molecule has 0 aromatic heterocycles. The first kappa shape index (κ1) is 12.3. The third-order valence-electron chi connectivity index (χ3n) is 2.04. The van der Waals surface area contributed by atoms with Crippen LogP contribution in [0.5, 0.6) is 5.75 Å². The minimum Gasteiger partial charge on any atom is -0.492 e. The van der Waals surface area contributed by atoms with Gasteiger partial charge in [-0.2, -0.15) is 0 Å². The van der Waals surface area contributed by atoms with Gasteiger partial charge in [-0.3, -0.25) is 0 Å². The number of nitrogens with zero attached hydrogens (tertiary/aromatic N) is 1. The molecule has 0 unspecified atom stereocenters. The highest BCUT2D eigenvalue weighted by molar-refractivity contribution is 6.30. The van der Waals surface area contributed by atoms with Crippen LogP contribution in [0.3, 0.4) is 0 Å². The van der Waals surface area contributed by atoms with Crippen LogP contribution in [0.25, 0.3) is 0 Å². The van der Waals surface area contributed by atoms with Crippen molar-refractivity contribution in [3.63, 3.8) is 0 Å². The maximum Gasteiger partial charge on any atom is 0.123 e. The fourth-order valence-electron chi connectivity index (χ4n) is 1.19. The van der Waals surface area contributed by atoms with E-state index in [0.717, 1.165) is 17.9 Å². The summed E-state index contributed by atoms with van der Waals surface area (Å²) in [6.07, 6.45) is 0. The Morgan fingerprint density at radius 1 is 1.40 bits per heavy atom. The molecule has 0 amide bonds. The standard InChI is InChI=1S/C11H17ClN2O/c1-14(2)5-6-15-11-4-3-10(12)7-9(11)8-13/h3-4,7H,5-6,8,13H2,1-2H3. The fraction of sp³-hybridized carbons (Fsp3) is 0.455. The predicted octanol–water partition coefficient (Wildman–Crippen LogP) is 1.74. The van der Waals surface area contributed by atoms with Crippen molar-refractivity contribution in [2.45, 2.75) is 6.54 Å². The van der Waals surface area contributed by atoms with Gasteiger partial charge in [-0.15, -0.1) is 0 Å². The molecular formula is C11H17ClN2O. The van der Waals surface area contributed by atoms with Gasteiger partial charge >= 0.3 is 0 Å². The first-order valence-electron chi connectivity index (χ1n) is 4.89. The van der Waals surface area contributed by atoms with Crippen molar-refractivity contribution in [3.05, 3.63) is 28.8 Å². The summed E-state index contributed by atoms with van der Waals surface area (Å²) in [5.41, 5.74) is 6.55. The smallest absolute Gasteiger partial charge is 0.123 e. The monoisotopic (exact) mass is 228 g/mol. The first-order valence-corrected chi connectivity index (χ1v) is 5.27. The van der Waals surface area contributed by atoms with Crippen molar-refractivity contribution in [1.29, 1.82) is 0 Å². The zero-order chi connectivity index (χ0) is 11.3. The first-order chi connectivity index (χ1) is 7.13. The van der Waals surface area contributed by atoms with Gasteiger partial charge in [-0.05, 0) is 32.3 Å². The summed E-state index contributed by atoms with van der Waals surface area (Å²) >= 11 is 5.86. The largest absolute Gasteiger partial charge is 0.492 e. The number of rotatable bonds is 5. The third-order valence-corrected chi connectivity index (χ3v) is 2.27. The van der Waals surface area contributed by atoms with Crippen LogP contribution in [0.4, 0.5) is 0 Å². The van der Waals surface area contributed by atoms with Gasteiger partial charge < -0.3 is 15.4 Å². The van der Waals surface area contributed by atoms with Crippen LogP contribution in [0, 0.1) is 0 Å². The summed E-state index contributed by atoms with van der Waals surface area (Å²) in [4.78, 5) is 2.07. The summed E-state index contributed by atoms with van der Waals surface area (Å²) in [5.74, 6) is 0.823. The number of hydrogen-bond acceptors (Lipinski definition) is 3. The predicted molar refractivity (Wildman–Crippen MR) is 63.4 cm³/mol. The summed E-state index contributed by atoms with van der Waals surface area (Å²) in [7, 11) is 4.02. The highest BCUT2D eigenvalue weighted by atomic mass is 35.5. The molecule has 0 radical (unpaired) electrons. The molecule has 1 rings (SSSR count). The average molecular weight is 229 g/mol. The zero-order valence-electron chi connectivity index (χ0n) is 9.16. The Labute approximate surface area is 95.8 Å². The number of halogens is 1. The van der Waals surface area contributed by atoms with Gasteiger partial charge in [0.05, 0.1) is 0 Å². The van der Waals surface area contributed by atoms with Crippen molar-refractivity contribution in [2.75, 3.05) is 27.2 Å². The van der Waals surface area contributed by atoms with Crippen molar-refractivity contribution < 1.29 is 4.74 Å². The van der Waals surface area contributed by atoms with Gasteiger partial charge in [0.1, 0.15) is 12.4 Å². The fourth-order valence-corrected chi connectivity index (χ4v) is 1.38. The Hall–Kier alpha value is -0.770. The van der Waals surface area contributed by atoms with Crippen molar-refractivity contribution in [2.24, 2.45) is 5.73 Å². The molecule has 0 aliphatic carbocycles. The second kappa shape index (κ2) is 5.95. The normalized spacial score (nSPS) is 10.7. The lowest BCUT2D eigenvalue weighted by Gasteiger charge is -2.13. The molecule has 1 aromatic rings. The number of hydrogen-bond donors (Lipinski definition) is 1. The third kappa shape index (κ3) is 4.08. The molecule has 2 N–H and O–H groups in total. The Morgan fingerprint density at radius 3 is 2.73 bits per heavy atom. The second-order valence-electron chi connectivity index (χ2n) is 3.61. The Balaban J connectivity index is 2.60. The quantitative estimate of drug-likeness (QED) is 0.835. The molecule has 0 aliphatic rings. The molecule has 0 saturated heterocycles. The number of ether oxygens (including phenoxy) is 1. The molecule has 0 bridgehead atoms. The lowest BCUT2D eigenvalue weighted by Crippen LogP contribution is -2.19. The van der Waals surface area contributed by atoms with Gasteiger partial charge in [0.25, 0.3) is 0 Å². The number of nitrogens with two attached hydrogens (primary N) is 1. The Bertz CT molecular complexity index is 315. The van der Waals surface area contributed by atoms with E-state index in [-0.39, 0.29) is 0 Å². The van der Waals surface area contributed by atoms with E-state index >= 15 is 0 Å². The number of likely N-dealkylation sites (N-methyl/N-ethyl adjacent to an activating group) is 1. The molecule has 0 spiro atoms. The van der Waals surface area contributed by atoms with Crippen LogP contribution >= 0.6 is 11.6 Å². The van der Waals surface area contributed by atoms with E-state index in [2.05, 4.69) is 4.90 Å². The molecule has 3 nitrogen and oxygen atoms in total. The highest BCUT2D eigenvalue weighted by Crippen LogP contribution is 2.22. The summed E-state index contributed by atoms with van der Waals surface area (Å²) in [6.45, 7) is 1.98. The van der Waals surface area contributed by atoms with Crippen molar-refractivity contribution >= 4 is 11.6 Å². The van der Waals surface area contributed by atoms with E-state index in [9.17, 15) is 0 Å². The SMILES string of the molecule is CN(C)CCOc1ccc(Cl)cc1CN.